The highest BCUT2D eigenvalue weighted by Crippen LogP contribution is 2.14. The number of hydrogen-bond acceptors (Lipinski definition) is 5. The molecule has 142 valence electrons. The first-order valence-electron chi connectivity index (χ1n) is 8.87. The van der Waals surface area contributed by atoms with Crippen LogP contribution in [0.15, 0.2) is 24.3 Å². The number of rotatable bonds is 11. The molecular formula is C19H32N2O4. The fourth-order valence-electron chi connectivity index (χ4n) is 2.11. The molecule has 0 unspecified atom stereocenters. The maximum Gasteiger partial charge on any atom is 0.407 e. The van der Waals surface area contributed by atoms with Crippen LogP contribution in [0, 0.1) is 0 Å². The van der Waals surface area contributed by atoms with E-state index in [1.165, 1.54) is 5.56 Å². The second-order valence-electron chi connectivity index (χ2n) is 6.78. The van der Waals surface area contributed by atoms with E-state index in [0.717, 1.165) is 25.0 Å². The molecule has 0 spiro atoms. The number of hydrogen-bond donors (Lipinski definition) is 2. The van der Waals surface area contributed by atoms with Crippen LogP contribution in [0.5, 0.6) is 5.75 Å². The van der Waals surface area contributed by atoms with E-state index in [4.69, 9.17) is 19.9 Å². The number of ether oxygens (including phenoxy) is 3. The third-order valence-corrected chi connectivity index (χ3v) is 3.24. The molecule has 0 aromatic heterocycles. The normalized spacial score (nSPS) is 11.2. The van der Waals surface area contributed by atoms with Gasteiger partial charge < -0.3 is 25.3 Å². The van der Waals surface area contributed by atoms with Crippen molar-refractivity contribution in [1.82, 2.24) is 5.32 Å². The van der Waals surface area contributed by atoms with Gasteiger partial charge in [-0.3, -0.25) is 0 Å². The van der Waals surface area contributed by atoms with Crippen LogP contribution in [-0.2, 0) is 15.9 Å². The number of aryl methyl sites for hydroxylation is 1. The number of nitrogens with two attached hydrogens (primary N) is 1. The van der Waals surface area contributed by atoms with E-state index >= 15 is 0 Å². The van der Waals surface area contributed by atoms with Crippen molar-refractivity contribution in [3.8, 4) is 5.75 Å². The van der Waals surface area contributed by atoms with E-state index < -0.39 is 5.60 Å². The Labute approximate surface area is 151 Å². The van der Waals surface area contributed by atoms with Gasteiger partial charge in [0.1, 0.15) is 18.0 Å². The van der Waals surface area contributed by atoms with Gasteiger partial charge in [-0.05, 0) is 57.7 Å². The summed E-state index contributed by atoms with van der Waals surface area (Å²) in [6.45, 7) is 8.35. The van der Waals surface area contributed by atoms with Crippen LogP contribution in [0.4, 0.5) is 4.79 Å². The van der Waals surface area contributed by atoms with Gasteiger partial charge in [-0.15, -0.1) is 0 Å². The molecule has 0 saturated heterocycles. The number of carbonyl (C=O) groups excluding carboxylic acids is 1. The topological polar surface area (TPSA) is 82.8 Å². The molecule has 6 heteroatoms. The van der Waals surface area contributed by atoms with Crippen molar-refractivity contribution in [3.63, 3.8) is 0 Å². The number of carbonyl (C=O) groups is 1. The fourth-order valence-corrected chi connectivity index (χ4v) is 2.11. The van der Waals surface area contributed by atoms with Crippen molar-refractivity contribution in [1.29, 1.82) is 0 Å². The van der Waals surface area contributed by atoms with Gasteiger partial charge in [0.15, 0.2) is 0 Å². The number of nitrogens with one attached hydrogen (secondary N) is 1. The highest BCUT2D eigenvalue weighted by Gasteiger charge is 2.15. The second kappa shape index (κ2) is 11.7. The Bertz CT molecular complexity index is 483. The van der Waals surface area contributed by atoms with Crippen LogP contribution in [-0.4, -0.2) is 44.6 Å². The Morgan fingerprint density at radius 1 is 1.08 bits per heavy atom. The second-order valence-corrected chi connectivity index (χ2v) is 6.78. The fraction of sp³-hybridized carbons (Fsp3) is 0.632. The molecule has 25 heavy (non-hydrogen) atoms. The molecule has 1 aromatic rings. The van der Waals surface area contributed by atoms with Crippen molar-refractivity contribution < 1.29 is 19.0 Å². The van der Waals surface area contributed by atoms with Gasteiger partial charge in [0.25, 0.3) is 0 Å². The molecule has 0 aliphatic carbocycles. The quantitative estimate of drug-likeness (QED) is 0.598. The Kier molecular flexibility index (Phi) is 9.96. The average Bonchev–Trinajstić information content (AvgIpc) is 2.54. The smallest absolute Gasteiger partial charge is 0.407 e. The minimum absolute atomic E-state index is 0.357. The SMILES string of the molecule is CC(C)(C)OC(=O)NCCCCc1ccc(OCCOCCN)cc1. The molecule has 3 N–H and O–H groups in total. The van der Waals surface area contributed by atoms with Gasteiger partial charge in [-0.2, -0.15) is 0 Å². The van der Waals surface area contributed by atoms with Crippen molar-refractivity contribution in [2.45, 2.75) is 45.6 Å². The number of amides is 1. The molecular weight excluding hydrogens is 320 g/mol. The van der Waals surface area contributed by atoms with Crippen LogP contribution in [0.3, 0.4) is 0 Å². The van der Waals surface area contributed by atoms with E-state index in [9.17, 15) is 4.79 Å². The first-order chi connectivity index (χ1) is 11.9. The third-order valence-electron chi connectivity index (χ3n) is 3.24. The molecule has 0 heterocycles. The number of alkyl carbamates (subject to hydrolysis) is 1. The molecule has 0 bridgehead atoms. The van der Waals surface area contributed by atoms with E-state index in [2.05, 4.69) is 17.4 Å². The van der Waals surface area contributed by atoms with Crippen LogP contribution in [0.25, 0.3) is 0 Å². The van der Waals surface area contributed by atoms with E-state index in [1.807, 2.05) is 32.9 Å². The minimum Gasteiger partial charge on any atom is -0.491 e. The van der Waals surface area contributed by atoms with Gasteiger partial charge in [-0.1, -0.05) is 12.1 Å². The molecule has 6 nitrogen and oxygen atoms in total. The van der Waals surface area contributed by atoms with Crippen molar-refractivity contribution in [2.75, 3.05) is 32.9 Å². The summed E-state index contributed by atoms with van der Waals surface area (Å²) in [5.41, 5.74) is 6.14. The van der Waals surface area contributed by atoms with E-state index in [1.54, 1.807) is 0 Å². The van der Waals surface area contributed by atoms with Gasteiger partial charge in [0, 0.05) is 13.1 Å². The summed E-state index contributed by atoms with van der Waals surface area (Å²) in [6, 6.07) is 8.07. The highest BCUT2D eigenvalue weighted by molar-refractivity contribution is 5.67. The zero-order chi connectivity index (χ0) is 18.5. The first-order valence-corrected chi connectivity index (χ1v) is 8.87. The van der Waals surface area contributed by atoms with Crippen LogP contribution < -0.4 is 15.8 Å². The Morgan fingerprint density at radius 2 is 1.80 bits per heavy atom. The summed E-state index contributed by atoms with van der Waals surface area (Å²) in [5, 5.41) is 2.77. The molecule has 0 radical (unpaired) electrons. The third kappa shape index (κ3) is 11.4. The number of benzene rings is 1. The standard InChI is InChI=1S/C19H32N2O4/c1-19(2,3)25-18(22)21-12-5-4-6-16-7-9-17(10-8-16)24-15-14-23-13-11-20/h7-10H,4-6,11-15,20H2,1-3H3,(H,21,22). The predicted molar refractivity (Wildman–Crippen MR) is 99.0 cm³/mol. The monoisotopic (exact) mass is 352 g/mol. The van der Waals surface area contributed by atoms with E-state index in [0.29, 0.717) is 32.9 Å². The van der Waals surface area contributed by atoms with Gasteiger partial charge in [0.2, 0.25) is 0 Å². The zero-order valence-electron chi connectivity index (χ0n) is 15.7. The molecule has 0 fully saturated rings. The lowest BCUT2D eigenvalue weighted by atomic mass is 10.1. The van der Waals surface area contributed by atoms with Crippen molar-refractivity contribution in [2.24, 2.45) is 5.73 Å². The van der Waals surface area contributed by atoms with Gasteiger partial charge in [0.05, 0.1) is 13.2 Å². The molecule has 0 saturated carbocycles. The summed E-state index contributed by atoms with van der Waals surface area (Å²) in [5.74, 6) is 0.840. The molecule has 0 aliphatic heterocycles. The Hall–Kier alpha value is -1.79. The molecule has 1 aromatic carbocycles. The zero-order valence-corrected chi connectivity index (χ0v) is 15.7. The van der Waals surface area contributed by atoms with E-state index in [-0.39, 0.29) is 6.09 Å². The summed E-state index contributed by atoms with van der Waals surface area (Å²) >= 11 is 0. The van der Waals surface area contributed by atoms with Gasteiger partial charge in [-0.25, -0.2) is 4.79 Å². The average molecular weight is 352 g/mol. The predicted octanol–water partition coefficient (Wildman–Crippen LogP) is 2.89. The van der Waals surface area contributed by atoms with Crippen LogP contribution in [0.1, 0.15) is 39.2 Å². The summed E-state index contributed by atoms with van der Waals surface area (Å²) in [4.78, 5) is 11.5. The maximum atomic E-state index is 11.5. The van der Waals surface area contributed by atoms with Crippen molar-refractivity contribution in [3.05, 3.63) is 29.8 Å². The van der Waals surface area contributed by atoms with Crippen LogP contribution >= 0.6 is 0 Å². The van der Waals surface area contributed by atoms with Crippen LogP contribution in [0.2, 0.25) is 0 Å². The highest BCUT2D eigenvalue weighted by atomic mass is 16.6. The molecule has 1 rings (SSSR count). The minimum atomic E-state index is -0.454. The summed E-state index contributed by atoms with van der Waals surface area (Å²) in [7, 11) is 0. The molecule has 0 atom stereocenters. The molecule has 0 aliphatic rings. The molecule has 1 amide bonds. The lowest BCUT2D eigenvalue weighted by Gasteiger charge is -2.19. The summed E-state index contributed by atoms with van der Waals surface area (Å²) < 4.78 is 16.0. The number of unbranched alkanes of at least 4 members (excludes halogenated alkanes) is 1. The van der Waals surface area contributed by atoms with Crippen molar-refractivity contribution >= 4 is 6.09 Å². The summed E-state index contributed by atoms with van der Waals surface area (Å²) in [6.07, 6.45) is 2.53. The lowest BCUT2D eigenvalue weighted by Crippen LogP contribution is -2.33. The Morgan fingerprint density at radius 3 is 2.44 bits per heavy atom. The largest absolute Gasteiger partial charge is 0.491 e. The Balaban J connectivity index is 2.12. The lowest BCUT2D eigenvalue weighted by molar-refractivity contribution is 0.0527. The first kappa shape index (κ1) is 21.3. The van der Waals surface area contributed by atoms with Gasteiger partial charge >= 0.3 is 6.09 Å². The maximum absolute atomic E-state index is 11.5.